The zero-order valence-electron chi connectivity index (χ0n) is 12.4. The average Bonchev–Trinajstić information content (AvgIpc) is 3.04. The van der Waals surface area contributed by atoms with Crippen molar-refractivity contribution < 1.29 is 4.39 Å². The third-order valence-corrected chi connectivity index (χ3v) is 3.97. The minimum atomic E-state index is -0.669. The number of aromatic nitrogens is 4. The Labute approximate surface area is 136 Å². The number of aromatic amines is 1. The number of nitrogens with zero attached hydrogens (tertiary/aromatic N) is 3. The van der Waals surface area contributed by atoms with Gasteiger partial charge in [-0.3, -0.25) is 9.89 Å². The first kappa shape index (κ1) is 15.6. The van der Waals surface area contributed by atoms with Crippen LogP contribution in [0, 0.1) is 5.82 Å². The first-order chi connectivity index (χ1) is 11.0. The molecule has 0 spiro atoms. The lowest BCUT2D eigenvalue weighted by Crippen LogP contribution is -2.29. The van der Waals surface area contributed by atoms with Crippen LogP contribution in [0.2, 0.25) is 5.02 Å². The van der Waals surface area contributed by atoms with Gasteiger partial charge in [0.1, 0.15) is 11.6 Å². The third-order valence-electron chi connectivity index (χ3n) is 3.60. The van der Waals surface area contributed by atoms with E-state index in [4.69, 9.17) is 17.3 Å². The molecule has 0 aliphatic heterocycles. The predicted octanol–water partition coefficient (Wildman–Crippen LogP) is 2.70. The van der Waals surface area contributed by atoms with Crippen LogP contribution in [-0.2, 0) is 0 Å². The topological polar surface area (TPSA) is 89.6 Å². The summed E-state index contributed by atoms with van der Waals surface area (Å²) in [6, 6.07) is 3.78. The maximum atomic E-state index is 13.7. The van der Waals surface area contributed by atoms with E-state index in [1.54, 1.807) is 12.3 Å². The number of hydrogen-bond acceptors (Lipinski definition) is 4. The van der Waals surface area contributed by atoms with Gasteiger partial charge < -0.3 is 5.73 Å². The minimum Gasteiger partial charge on any atom is -0.321 e. The van der Waals surface area contributed by atoms with Crippen LogP contribution in [0.25, 0.3) is 16.7 Å². The van der Waals surface area contributed by atoms with Gasteiger partial charge in [0.05, 0.1) is 22.0 Å². The van der Waals surface area contributed by atoms with Crippen molar-refractivity contribution >= 4 is 22.5 Å². The molecule has 0 bridgehead atoms. The van der Waals surface area contributed by atoms with Gasteiger partial charge in [-0.1, -0.05) is 24.9 Å². The van der Waals surface area contributed by atoms with Gasteiger partial charge in [-0.2, -0.15) is 5.10 Å². The van der Waals surface area contributed by atoms with E-state index in [9.17, 15) is 9.18 Å². The predicted molar refractivity (Wildman–Crippen MR) is 86.3 cm³/mol. The molecule has 2 aromatic heterocycles. The van der Waals surface area contributed by atoms with Crippen LogP contribution in [0.3, 0.4) is 0 Å². The Kier molecular flexibility index (Phi) is 4.14. The molecule has 8 heteroatoms. The Hall–Kier alpha value is -2.25. The number of nitrogens with two attached hydrogens (primary N) is 1. The zero-order chi connectivity index (χ0) is 16.6. The van der Waals surface area contributed by atoms with Gasteiger partial charge in [0, 0.05) is 12.3 Å². The zero-order valence-corrected chi connectivity index (χ0v) is 13.1. The quantitative estimate of drug-likeness (QED) is 0.767. The van der Waals surface area contributed by atoms with E-state index in [1.807, 2.05) is 6.92 Å². The van der Waals surface area contributed by atoms with Crippen LogP contribution in [0.4, 0.5) is 4.39 Å². The molecule has 0 saturated carbocycles. The smallest absolute Gasteiger partial charge is 0.268 e. The maximum absolute atomic E-state index is 13.7. The molecule has 0 fully saturated rings. The number of hydrogen-bond donors (Lipinski definition) is 2. The van der Waals surface area contributed by atoms with Crippen molar-refractivity contribution in [3.8, 4) is 5.82 Å². The van der Waals surface area contributed by atoms with Crippen LogP contribution >= 0.6 is 11.6 Å². The lowest BCUT2D eigenvalue weighted by Gasteiger charge is -2.16. The van der Waals surface area contributed by atoms with Gasteiger partial charge in [0.25, 0.3) is 5.56 Å². The second-order valence-electron chi connectivity index (χ2n) is 5.19. The van der Waals surface area contributed by atoms with Crippen LogP contribution in [-0.4, -0.2) is 19.7 Å². The maximum Gasteiger partial charge on any atom is 0.268 e. The molecule has 3 rings (SSSR count). The highest BCUT2D eigenvalue weighted by Crippen LogP contribution is 2.25. The van der Waals surface area contributed by atoms with E-state index in [0.29, 0.717) is 23.6 Å². The average molecular weight is 336 g/mol. The fourth-order valence-corrected chi connectivity index (χ4v) is 2.75. The SMILES string of the molecule is CCCC(N)c1nc2ccc(F)c(Cl)c2c(=O)n1-c1cc[nH]n1. The molecule has 0 amide bonds. The highest BCUT2D eigenvalue weighted by Gasteiger charge is 2.21. The van der Waals surface area contributed by atoms with Crippen molar-refractivity contribution in [3.63, 3.8) is 0 Å². The molecule has 23 heavy (non-hydrogen) atoms. The Morgan fingerprint density at radius 3 is 2.87 bits per heavy atom. The Morgan fingerprint density at radius 1 is 1.43 bits per heavy atom. The Bertz CT molecular complexity index is 906. The first-order valence-electron chi connectivity index (χ1n) is 7.21. The van der Waals surface area contributed by atoms with Gasteiger partial charge in [-0.05, 0) is 18.6 Å². The molecule has 3 aromatic rings. The minimum absolute atomic E-state index is 0.0158. The van der Waals surface area contributed by atoms with Crippen molar-refractivity contribution in [2.45, 2.75) is 25.8 Å². The van der Waals surface area contributed by atoms with Crippen LogP contribution in [0.15, 0.2) is 29.2 Å². The number of benzene rings is 1. The van der Waals surface area contributed by atoms with Gasteiger partial charge in [0.2, 0.25) is 0 Å². The largest absolute Gasteiger partial charge is 0.321 e. The van der Waals surface area contributed by atoms with Crippen molar-refractivity contribution in [2.75, 3.05) is 0 Å². The molecular weight excluding hydrogens is 321 g/mol. The summed E-state index contributed by atoms with van der Waals surface area (Å²) in [6.07, 6.45) is 3.06. The molecule has 6 nitrogen and oxygen atoms in total. The molecule has 0 aliphatic carbocycles. The van der Waals surface area contributed by atoms with E-state index in [0.717, 1.165) is 6.42 Å². The summed E-state index contributed by atoms with van der Waals surface area (Å²) in [5.74, 6) is 0.0441. The summed E-state index contributed by atoms with van der Waals surface area (Å²) in [6.45, 7) is 1.99. The molecule has 0 saturated heterocycles. The van der Waals surface area contributed by atoms with Gasteiger partial charge in [0.15, 0.2) is 5.82 Å². The molecular formula is C15H15ClFN5O. The van der Waals surface area contributed by atoms with Crippen molar-refractivity contribution in [3.05, 3.63) is 51.4 Å². The molecule has 3 N–H and O–H groups in total. The van der Waals surface area contributed by atoms with Crippen LogP contribution < -0.4 is 11.3 Å². The van der Waals surface area contributed by atoms with Crippen molar-refractivity contribution in [2.24, 2.45) is 5.73 Å². The second-order valence-corrected chi connectivity index (χ2v) is 5.57. The molecule has 120 valence electrons. The molecule has 0 radical (unpaired) electrons. The number of nitrogens with one attached hydrogen (secondary N) is 1. The highest BCUT2D eigenvalue weighted by atomic mass is 35.5. The molecule has 1 unspecified atom stereocenters. The fraction of sp³-hybridized carbons (Fsp3) is 0.267. The molecule has 0 aliphatic rings. The summed E-state index contributed by atoms with van der Waals surface area (Å²) in [5, 5.41) is 6.42. The van der Waals surface area contributed by atoms with Crippen molar-refractivity contribution in [1.29, 1.82) is 0 Å². The lowest BCUT2D eigenvalue weighted by molar-refractivity contribution is 0.580. The first-order valence-corrected chi connectivity index (χ1v) is 7.58. The molecule has 1 atom stereocenters. The summed E-state index contributed by atoms with van der Waals surface area (Å²) < 4.78 is 15.0. The summed E-state index contributed by atoms with van der Waals surface area (Å²) >= 11 is 5.97. The van der Waals surface area contributed by atoms with E-state index in [-0.39, 0.29) is 10.4 Å². The van der Waals surface area contributed by atoms with Crippen LogP contribution in [0.5, 0.6) is 0 Å². The highest BCUT2D eigenvalue weighted by molar-refractivity contribution is 6.35. The monoisotopic (exact) mass is 335 g/mol. The summed E-state index contributed by atoms with van der Waals surface area (Å²) in [7, 11) is 0. The second kappa shape index (κ2) is 6.10. The van der Waals surface area contributed by atoms with Gasteiger partial charge in [-0.25, -0.2) is 13.9 Å². The fourth-order valence-electron chi connectivity index (χ4n) is 2.51. The third kappa shape index (κ3) is 2.62. The number of rotatable bonds is 4. The lowest BCUT2D eigenvalue weighted by atomic mass is 10.1. The van der Waals surface area contributed by atoms with Crippen LogP contribution in [0.1, 0.15) is 31.6 Å². The standard InChI is InChI=1S/C15H15ClFN5O/c1-2-3-9(18)14-20-10-5-4-8(17)13(16)12(10)15(23)22(14)11-6-7-19-21-11/h4-7,9H,2-3,18H2,1H3,(H,19,21). The van der Waals surface area contributed by atoms with E-state index in [1.165, 1.54) is 16.7 Å². The summed E-state index contributed by atoms with van der Waals surface area (Å²) in [4.78, 5) is 17.3. The van der Waals surface area contributed by atoms with E-state index < -0.39 is 17.4 Å². The van der Waals surface area contributed by atoms with E-state index >= 15 is 0 Å². The number of fused-ring (bicyclic) bond motifs is 1. The Balaban J connectivity index is 2.40. The van der Waals surface area contributed by atoms with Gasteiger partial charge in [-0.15, -0.1) is 0 Å². The summed E-state index contributed by atoms with van der Waals surface area (Å²) in [5.41, 5.74) is 6.00. The number of H-pyrrole nitrogens is 1. The Morgan fingerprint density at radius 2 is 2.22 bits per heavy atom. The number of halogens is 2. The normalized spacial score (nSPS) is 12.7. The molecule has 1 aromatic carbocycles. The van der Waals surface area contributed by atoms with Gasteiger partial charge >= 0.3 is 0 Å². The van der Waals surface area contributed by atoms with Crippen molar-refractivity contribution in [1.82, 2.24) is 19.7 Å². The molecule has 2 heterocycles. The van der Waals surface area contributed by atoms with E-state index in [2.05, 4.69) is 15.2 Å².